The Labute approximate surface area is 108 Å². The van der Waals surface area contributed by atoms with E-state index in [0.717, 1.165) is 18.4 Å². The summed E-state index contributed by atoms with van der Waals surface area (Å²) in [5.74, 6) is 0.201. The second-order valence-corrected chi connectivity index (χ2v) is 6.57. The van der Waals surface area contributed by atoms with Gasteiger partial charge < -0.3 is 0 Å². The third-order valence-electron chi connectivity index (χ3n) is 4.72. The molecule has 3 rings (SSSR count). The maximum atomic E-state index is 12.2. The zero-order valence-corrected chi connectivity index (χ0v) is 11.2. The number of carbonyl (C=O) groups excluding carboxylic acids is 2. The highest BCUT2D eigenvalue weighted by Gasteiger charge is 2.45. The van der Waals surface area contributed by atoms with Crippen molar-refractivity contribution in [2.75, 3.05) is 0 Å². The number of Topliss-reactive ketones (excluding diaryl/α,β-unsaturated/α-hetero) is 2. The Kier molecular flexibility index (Phi) is 2.58. The van der Waals surface area contributed by atoms with Gasteiger partial charge in [0.15, 0.2) is 0 Å². The molecule has 0 aromatic heterocycles. The topological polar surface area (TPSA) is 34.1 Å². The molecular formula is C16H20O2. The summed E-state index contributed by atoms with van der Waals surface area (Å²) in [6, 6.07) is 0. The molecule has 2 saturated carbocycles. The summed E-state index contributed by atoms with van der Waals surface area (Å²) in [6.07, 6.45) is 10.0. The first-order chi connectivity index (χ1) is 8.49. The number of hydrogen-bond donors (Lipinski definition) is 0. The largest absolute Gasteiger partial charge is 0.290 e. The van der Waals surface area contributed by atoms with Crippen molar-refractivity contribution in [1.29, 1.82) is 0 Å². The number of ketones is 2. The molecule has 2 fully saturated rings. The van der Waals surface area contributed by atoms with Gasteiger partial charge in [-0.05, 0) is 31.6 Å². The fourth-order valence-corrected chi connectivity index (χ4v) is 3.64. The molecule has 3 aliphatic rings. The molecule has 0 aromatic rings. The van der Waals surface area contributed by atoms with Crippen molar-refractivity contribution in [3.63, 3.8) is 0 Å². The third-order valence-corrected chi connectivity index (χ3v) is 4.72. The molecule has 0 spiro atoms. The molecule has 0 N–H and O–H groups in total. The van der Waals surface area contributed by atoms with Crippen LogP contribution in [0.1, 0.15) is 46.0 Å². The Hall–Kier alpha value is -1.18. The van der Waals surface area contributed by atoms with E-state index in [-0.39, 0.29) is 17.5 Å². The summed E-state index contributed by atoms with van der Waals surface area (Å²) in [5, 5.41) is 0. The number of fused-ring (bicyclic) bond motifs is 2. The highest BCUT2D eigenvalue weighted by atomic mass is 16.2. The minimum Gasteiger partial charge on any atom is -0.290 e. The van der Waals surface area contributed by atoms with E-state index in [4.69, 9.17) is 0 Å². The van der Waals surface area contributed by atoms with E-state index in [9.17, 15) is 9.59 Å². The van der Waals surface area contributed by atoms with Gasteiger partial charge in [0, 0.05) is 16.9 Å². The van der Waals surface area contributed by atoms with Crippen LogP contribution in [-0.4, -0.2) is 11.6 Å². The third kappa shape index (κ3) is 1.70. The highest BCUT2D eigenvalue weighted by molar-refractivity contribution is 6.46. The van der Waals surface area contributed by atoms with Crippen LogP contribution in [0.2, 0.25) is 0 Å². The zero-order valence-electron chi connectivity index (χ0n) is 11.2. The minimum absolute atomic E-state index is 0.189. The van der Waals surface area contributed by atoms with E-state index < -0.39 is 5.41 Å². The SMILES string of the molecule is CC1(C)CC2C=C3CCCCC3C=C2C(=O)C1=O. The van der Waals surface area contributed by atoms with E-state index in [2.05, 4.69) is 12.2 Å². The van der Waals surface area contributed by atoms with E-state index in [1.165, 1.54) is 24.8 Å². The Morgan fingerprint density at radius 1 is 1.11 bits per heavy atom. The molecule has 0 radical (unpaired) electrons. The van der Waals surface area contributed by atoms with Gasteiger partial charge in [0.25, 0.3) is 0 Å². The Balaban J connectivity index is 1.98. The molecular weight excluding hydrogens is 224 g/mol. The molecule has 0 bridgehead atoms. The van der Waals surface area contributed by atoms with Gasteiger partial charge in [0.1, 0.15) is 0 Å². The lowest BCUT2D eigenvalue weighted by Gasteiger charge is -2.38. The summed E-state index contributed by atoms with van der Waals surface area (Å²) < 4.78 is 0. The van der Waals surface area contributed by atoms with Crippen molar-refractivity contribution in [3.8, 4) is 0 Å². The first-order valence-electron chi connectivity index (χ1n) is 7.00. The number of rotatable bonds is 0. The smallest absolute Gasteiger partial charge is 0.225 e. The molecule has 0 aliphatic heterocycles. The summed E-state index contributed by atoms with van der Waals surface area (Å²) in [5.41, 5.74) is 1.81. The van der Waals surface area contributed by atoms with E-state index in [0.29, 0.717) is 5.92 Å². The van der Waals surface area contributed by atoms with Gasteiger partial charge in [-0.2, -0.15) is 0 Å². The Morgan fingerprint density at radius 3 is 2.67 bits per heavy atom. The van der Waals surface area contributed by atoms with E-state index in [1.54, 1.807) is 0 Å². The number of carbonyl (C=O) groups is 2. The van der Waals surface area contributed by atoms with Crippen LogP contribution in [0, 0.1) is 17.3 Å². The van der Waals surface area contributed by atoms with Crippen LogP contribution < -0.4 is 0 Å². The maximum Gasteiger partial charge on any atom is 0.225 e. The Morgan fingerprint density at radius 2 is 1.89 bits per heavy atom. The van der Waals surface area contributed by atoms with Crippen molar-refractivity contribution < 1.29 is 9.59 Å². The normalized spacial score (nSPS) is 34.3. The van der Waals surface area contributed by atoms with Gasteiger partial charge in [-0.1, -0.05) is 38.0 Å². The van der Waals surface area contributed by atoms with Crippen molar-refractivity contribution >= 4 is 11.6 Å². The first-order valence-corrected chi connectivity index (χ1v) is 7.00. The quantitative estimate of drug-likeness (QED) is 0.484. The van der Waals surface area contributed by atoms with Gasteiger partial charge in [-0.15, -0.1) is 0 Å². The fraction of sp³-hybridized carbons (Fsp3) is 0.625. The fourth-order valence-electron chi connectivity index (χ4n) is 3.64. The van der Waals surface area contributed by atoms with Crippen LogP contribution in [0.3, 0.4) is 0 Å². The summed E-state index contributed by atoms with van der Waals surface area (Å²) in [7, 11) is 0. The highest BCUT2D eigenvalue weighted by Crippen LogP contribution is 2.44. The average Bonchev–Trinajstić information content (AvgIpc) is 2.34. The monoisotopic (exact) mass is 244 g/mol. The molecule has 18 heavy (non-hydrogen) atoms. The predicted octanol–water partition coefficient (Wildman–Crippen LogP) is 3.23. The molecule has 3 aliphatic carbocycles. The second-order valence-electron chi connectivity index (χ2n) is 6.57. The van der Waals surface area contributed by atoms with Crippen LogP contribution in [0.5, 0.6) is 0 Å². The molecule has 0 saturated heterocycles. The number of allylic oxidation sites excluding steroid dienone is 4. The van der Waals surface area contributed by atoms with Crippen LogP contribution in [-0.2, 0) is 9.59 Å². The standard InChI is InChI=1S/C16H20O2/c1-16(2)9-12-7-10-5-3-4-6-11(10)8-13(12)14(17)15(16)18/h7-8,11-12H,3-6,9H2,1-2H3. The van der Waals surface area contributed by atoms with Crippen LogP contribution in [0.4, 0.5) is 0 Å². The molecule has 2 nitrogen and oxygen atoms in total. The van der Waals surface area contributed by atoms with Gasteiger partial charge in [0.2, 0.25) is 11.6 Å². The summed E-state index contributed by atoms with van der Waals surface area (Å²) in [4.78, 5) is 24.3. The molecule has 2 heteroatoms. The molecule has 2 unspecified atom stereocenters. The minimum atomic E-state index is -0.488. The Bertz CT molecular complexity index is 479. The molecule has 2 atom stereocenters. The van der Waals surface area contributed by atoms with Crippen LogP contribution >= 0.6 is 0 Å². The van der Waals surface area contributed by atoms with E-state index in [1.807, 2.05) is 13.8 Å². The van der Waals surface area contributed by atoms with Crippen LogP contribution in [0.15, 0.2) is 23.3 Å². The van der Waals surface area contributed by atoms with Gasteiger partial charge in [-0.3, -0.25) is 9.59 Å². The van der Waals surface area contributed by atoms with Crippen LogP contribution in [0.25, 0.3) is 0 Å². The van der Waals surface area contributed by atoms with Gasteiger partial charge >= 0.3 is 0 Å². The molecule has 0 aromatic carbocycles. The summed E-state index contributed by atoms with van der Waals surface area (Å²) >= 11 is 0. The van der Waals surface area contributed by atoms with Crippen molar-refractivity contribution in [2.24, 2.45) is 17.3 Å². The lowest BCUT2D eigenvalue weighted by Crippen LogP contribution is -2.42. The van der Waals surface area contributed by atoms with E-state index >= 15 is 0 Å². The lowest BCUT2D eigenvalue weighted by atomic mass is 9.64. The molecule has 96 valence electrons. The molecule has 0 heterocycles. The second kappa shape index (κ2) is 3.91. The summed E-state index contributed by atoms with van der Waals surface area (Å²) in [6.45, 7) is 3.80. The van der Waals surface area contributed by atoms with Gasteiger partial charge in [0.05, 0.1) is 0 Å². The number of hydrogen-bond acceptors (Lipinski definition) is 2. The van der Waals surface area contributed by atoms with Crippen molar-refractivity contribution in [1.82, 2.24) is 0 Å². The average molecular weight is 244 g/mol. The lowest BCUT2D eigenvalue weighted by molar-refractivity contribution is -0.142. The molecule has 0 amide bonds. The maximum absolute atomic E-state index is 12.2. The predicted molar refractivity (Wildman–Crippen MR) is 70.0 cm³/mol. The van der Waals surface area contributed by atoms with Crippen molar-refractivity contribution in [3.05, 3.63) is 23.3 Å². The van der Waals surface area contributed by atoms with Crippen molar-refractivity contribution in [2.45, 2.75) is 46.0 Å². The zero-order chi connectivity index (χ0) is 12.9. The first kappa shape index (κ1) is 11.9. The van der Waals surface area contributed by atoms with Gasteiger partial charge in [-0.25, -0.2) is 0 Å².